The van der Waals surface area contributed by atoms with E-state index in [1.54, 1.807) is 7.11 Å². The van der Waals surface area contributed by atoms with Crippen LogP contribution >= 0.6 is 11.6 Å². The Balaban J connectivity index is 2.02. The zero-order valence-corrected chi connectivity index (χ0v) is 17.7. The molecule has 1 heterocycles. The minimum atomic E-state index is -0.551. The van der Waals surface area contributed by atoms with Crippen LogP contribution in [0.4, 0.5) is 5.69 Å². The van der Waals surface area contributed by atoms with E-state index in [2.05, 4.69) is 6.07 Å². The summed E-state index contributed by atoms with van der Waals surface area (Å²) in [5.41, 5.74) is 10.8. The molecule has 0 aromatic heterocycles. The molecule has 152 valence electrons. The number of nitrogens with two attached hydrogens (primary N) is 1. The topological polar surface area (TPSA) is 79.3 Å². The van der Waals surface area contributed by atoms with Crippen LogP contribution in [0.15, 0.2) is 65.1 Å². The fourth-order valence-electron chi connectivity index (χ4n) is 4.42. The molecule has 0 saturated carbocycles. The van der Waals surface area contributed by atoms with Crippen LogP contribution in [0.3, 0.4) is 0 Å². The zero-order chi connectivity index (χ0) is 21.4. The first-order chi connectivity index (χ1) is 14.5. The van der Waals surface area contributed by atoms with Crippen molar-refractivity contribution in [1.29, 1.82) is 5.26 Å². The minimum Gasteiger partial charge on any atom is -0.496 e. The SMILES string of the molecule is COc1ccccc1C1C(C#N)=C(N)N(c2cccc(Cl)c2C)C2=C1C(=O)CCC2. The maximum Gasteiger partial charge on any atom is 0.161 e. The average Bonchev–Trinajstić information content (AvgIpc) is 2.75. The average molecular weight is 420 g/mol. The Morgan fingerprint density at radius 2 is 1.97 bits per heavy atom. The normalized spacial score (nSPS) is 18.9. The highest BCUT2D eigenvalue weighted by Crippen LogP contribution is 2.48. The fourth-order valence-corrected chi connectivity index (χ4v) is 4.59. The van der Waals surface area contributed by atoms with Gasteiger partial charge >= 0.3 is 0 Å². The standard InChI is InChI=1S/C24H22ClN3O2/c1-14-17(25)8-5-9-18(14)28-19-10-6-11-20(29)23(19)22(16(13-26)24(28)27)15-7-3-4-12-21(15)30-2/h3-5,7-9,12,22H,6,10-11,27H2,1-2H3. The predicted molar refractivity (Wildman–Crippen MR) is 117 cm³/mol. The van der Waals surface area contributed by atoms with Crippen molar-refractivity contribution in [2.45, 2.75) is 32.1 Å². The molecule has 2 aromatic carbocycles. The van der Waals surface area contributed by atoms with Crippen LogP contribution < -0.4 is 15.4 Å². The number of Topliss-reactive ketones (excluding diaryl/α,β-unsaturated/α-hetero) is 1. The lowest BCUT2D eigenvalue weighted by Crippen LogP contribution is -2.39. The monoisotopic (exact) mass is 419 g/mol. The number of halogens is 1. The number of para-hydroxylation sites is 1. The molecule has 0 radical (unpaired) electrons. The molecule has 0 amide bonds. The number of nitrogens with zero attached hydrogens (tertiary/aromatic N) is 2. The van der Waals surface area contributed by atoms with Crippen molar-refractivity contribution in [2.75, 3.05) is 12.0 Å². The van der Waals surface area contributed by atoms with Gasteiger partial charge in [0.1, 0.15) is 11.6 Å². The molecule has 2 aromatic rings. The Morgan fingerprint density at radius 3 is 2.70 bits per heavy atom. The number of anilines is 1. The highest BCUT2D eigenvalue weighted by Gasteiger charge is 2.41. The van der Waals surface area contributed by atoms with Gasteiger partial charge in [0, 0.05) is 28.3 Å². The van der Waals surface area contributed by atoms with Crippen molar-refractivity contribution >= 4 is 23.1 Å². The van der Waals surface area contributed by atoms with Gasteiger partial charge in [-0.25, -0.2) is 0 Å². The zero-order valence-electron chi connectivity index (χ0n) is 16.9. The van der Waals surface area contributed by atoms with E-state index in [-0.39, 0.29) is 5.78 Å². The molecule has 1 aliphatic carbocycles. The molecule has 6 heteroatoms. The van der Waals surface area contributed by atoms with Crippen LogP contribution in [0.2, 0.25) is 5.02 Å². The fraction of sp³-hybridized carbons (Fsp3) is 0.250. The smallest absolute Gasteiger partial charge is 0.161 e. The van der Waals surface area contributed by atoms with Crippen LogP contribution in [-0.2, 0) is 4.79 Å². The van der Waals surface area contributed by atoms with Crippen molar-refractivity contribution < 1.29 is 9.53 Å². The van der Waals surface area contributed by atoms with Gasteiger partial charge in [-0.3, -0.25) is 9.69 Å². The number of ketones is 1. The van der Waals surface area contributed by atoms with E-state index in [1.807, 2.05) is 54.3 Å². The van der Waals surface area contributed by atoms with Crippen molar-refractivity contribution in [3.63, 3.8) is 0 Å². The first-order valence-electron chi connectivity index (χ1n) is 9.83. The van der Waals surface area contributed by atoms with Crippen LogP contribution in [0.25, 0.3) is 0 Å². The first-order valence-corrected chi connectivity index (χ1v) is 10.2. The molecule has 2 N–H and O–H groups in total. The Bertz CT molecular complexity index is 1140. The third-order valence-electron chi connectivity index (χ3n) is 5.84. The molecule has 1 aliphatic heterocycles. The lowest BCUT2D eigenvalue weighted by molar-refractivity contribution is -0.116. The van der Waals surface area contributed by atoms with Crippen molar-refractivity contribution in [1.82, 2.24) is 0 Å². The molecule has 1 atom stereocenters. The van der Waals surface area contributed by atoms with E-state index in [9.17, 15) is 10.1 Å². The summed E-state index contributed by atoms with van der Waals surface area (Å²) in [5.74, 6) is 0.439. The quantitative estimate of drug-likeness (QED) is 0.760. The maximum absolute atomic E-state index is 13.2. The number of hydrogen-bond donors (Lipinski definition) is 1. The molecule has 0 spiro atoms. The second kappa shape index (κ2) is 7.89. The number of allylic oxidation sites excluding steroid dienone is 3. The molecule has 5 nitrogen and oxygen atoms in total. The highest BCUT2D eigenvalue weighted by atomic mass is 35.5. The Labute approximate surface area is 181 Å². The number of nitriles is 1. The van der Waals surface area contributed by atoms with Crippen molar-refractivity contribution in [3.8, 4) is 11.8 Å². The second-order valence-electron chi connectivity index (χ2n) is 7.44. The summed E-state index contributed by atoms with van der Waals surface area (Å²) in [7, 11) is 1.58. The van der Waals surface area contributed by atoms with Gasteiger partial charge in [0.05, 0.1) is 30.4 Å². The third kappa shape index (κ3) is 3.05. The van der Waals surface area contributed by atoms with Gasteiger partial charge in [-0.15, -0.1) is 0 Å². The minimum absolute atomic E-state index is 0.0390. The molecule has 1 unspecified atom stereocenters. The molecule has 30 heavy (non-hydrogen) atoms. The van der Waals surface area contributed by atoms with Crippen LogP contribution in [0.1, 0.15) is 36.3 Å². The Morgan fingerprint density at radius 1 is 1.20 bits per heavy atom. The lowest BCUT2D eigenvalue weighted by Gasteiger charge is -2.40. The van der Waals surface area contributed by atoms with Gasteiger partial charge in [0.2, 0.25) is 0 Å². The van der Waals surface area contributed by atoms with E-state index in [1.165, 1.54) is 0 Å². The van der Waals surface area contributed by atoms with E-state index >= 15 is 0 Å². The lowest BCUT2D eigenvalue weighted by atomic mass is 9.75. The number of carbonyl (C=O) groups is 1. The highest BCUT2D eigenvalue weighted by molar-refractivity contribution is 6.31. The molecular weight excluding hydrogens is 398 g/mol. The number of carbonyl (C=O) groups excluding carboxylic acids is 1. The number of ether oxygens (including phenoxy) is 1. The first kappa shape index (κ1) is 20.1. The van der Waals surface area contributed by atoms with E-state index in [0.717, 1.165) is 28.9 Å². The van der Waals surface area contributed by atoms with E-state index in [4.69, 9.17) is 22.1 Å². The van der Waals surface area contributed by atoms with Crippen LogP contribution in [0.5, 0.6) is 5.75 Å². The van der Waals surface area contributed by atoms with Gasteiger partial charge in [-0.2, -0.15) is 5.26 Å². The summed E-state index contributed by atoms with van der Waals surface area (Å²) < 4.78 is 5.55. The Kier molecular flexibility index (Phi) is 5.27. The van der Waals surface area contributed by atoms with Gasteiger partial charge in [-0.05, 0) is 43.5 Å². The summed E-state index contributed by atoms with van der Waals surface area (Å²) in [4.78, 5) is 15.0. The predicted octanol–water partition coefficient (Wildman–Crippen LogP) is 4.96. The van der Waals surface area contributed by atoms with Crippen molar-refractivity contribution in [2.24, 2.45) is 5.73 Å². The molecule has 0 bridgehead atoms. The number of rotatable bonds is 3. The Hall–Kier alpha value is -3.23. The second-order valence-corrected chi connectivity index (χ2v) is 7.85. The van der Waals surface area contributed by atoms with E-state index < -0.39 is 5.92 Å². The van der Waals surface area contributed by atoms with Crippen molar-refractivity contribution in [3.05, 3.63) is 81.3 Å². The molecule has 0 saturated heterocycles. The number of hydrogen-bond acceptors (Lipinski definition) is 5. The number of benzene rings is 2. The van der Waals surface area contributed by atoms with Gasteiger partial charge < -0.3 is 10.5 Å². The van der Waals surface area contributed by atoms with Gasteiger partial charge in [-0.1, -0.05) is 35.9 Å². The summed E-state index contributed by atoms with van der Waals surface area (Å²) in [6.45, 7) is 1.91. The maximum atomic E-state index is 13.2. The van der Waals surface area contributed by atoms with Gasteiger partial charge in [0.15, 0.2) is 5.78 Å². The molecule has 0 fully saturated rings. The molecule has 4 rings (SSSR count). The van der Waals surface area contributed by atoms with Crippen LogP contribution in [0, 0.1) is 18.3 Å². The third-order valence-corrected chi connectivity index (χ3v) is 6.25. The molecular formula is C24H22ClN3O2. The number of methoxy groups -OCH3 is 1. The van der Waals surface area contributed by atoms with Gasteiger partial charge in [0.25, 0.3) is 0 Å². The summed E-state index contributed by atoms with van der Waals surface area (Å²) in [5, 5.41) is 10.7. The summed E-state index contributed by atoms with van der Waals surface area (Å²) in [6, 6.07) is 15.3. The molecule has 2 aliphatic rings. The largest absolute Gasteiger partial charge is 0.496 e. The summed E-state index contributed by atoms with van der Waals surface area (Å²) >= 11 is 6.37. The van der Waals surface area contributed by atoms with Crippen LogP contribution in [-0.4, -0.2) is 12.9 Å². The van der Waals surface area contributed by atoms with E-state index in [0.29, 0.717) is 40.6 Å². The summed E-state index contributed by atoms with van der Waals surface area (Å²) in [6.07, 6.45) is 1.88.